The van der Waals surface area contributed by atoms with Crippen molar-refractivity contribution in [3.63, 3.8) is 0 Å². The third kappa shape index (κ3) is 7.14. The number of benzene rings is 1. The minimum absolute atomic E-state index is 0.0222. The minimum atomic E-state index is -0.186. The van der Waals surface area contributed by atoms with Crippen LogP contribution in [0.4, 0.5) is 0 Å². The molecule has 0 saturated heterocycles. The first-order valence-corrected chi connectivity index (χ1v) is 7.08. The molecule has 4 heteroatoms. The van der Waals surface area contributed by atoms with E-state index in [0.29, 0.717) is 12.3 Å². The summed E-state index contributed by atoms with van der Waals surface area (Å²) in [5.74, 6) is 0.313. The molecule has 1 rings (SSSR count). The van der Waals surface area contributed by atoms with Gasteiger partial charge < -0.3 is 15.7 Å². The van der Waals surface area contributed by atoms with Crippen LogP contribution in [0.2, 0.25) is 0 Å². The Labute approximate surface area is 121 Å². The Morgan fingerprint density at radius 2 is 1.85 bits per heavy atom. The maximum atomic E-state index is 11.7. The molecule has 3 N–H and O–H groups in total. The van der Waals surface area contributed by atoms with Gasteiger partial charge in [0, 0.05) is 11.6 Å². The Bertz CT molecular complexity index is 421. The molecule has 0 aromatic heterocycles. The summed E-state index contributed by atoms with van der Waals surface area (Å²) < 4.78 is 0. The van der Waals surface area contributed by atoms with E-state index >= 15 is 0 Å². The third-order valence-electron chi connectivity index (χ3n) is 2.93. The van der Waals surface area contributed by atoms with Gasteiger partial charge in [0.2, 0.25) is 5.91 Å². The second-order valence-electron chi connectivity index (χ2n) is 6.29. The van der Waals surface area contributed by atoms with Crippen molar-refractivity contribution in [2.24, 2.45) is 0 Å². The number of aromatic hydroxyl groups is 1. The van der Waals surface area contributed by atoms with Crippen LogP contribution >= 0.6 is 0 Å². The molecule has 0 fully saturated rings. The fourth-order valence-corrected chi connectivity index (χ4v) is 1.88. The molecule has 0 spiro atoms. The minimum Gasteiger partial charge on any atom is -0.508 e. The molecule has 1 aromatic rings. The molecule has 1 unspecified atom stereocenters. The number of phenols is 1. The van der Waals surface area contributed by atoms with Gasteiger partial charge in [0.25, 0.3) is 0 Å². The molecule has 0 aliphatic rings. The van der Waals surface area contributed by atoms with Crippen LogP contribution in [0.1, 0.15) is 39.7 Å². The first-order chi connectivity index (χ1) is 9.26. The molecule has 0 radical (unpaired) electrons. The summed E-state index contributed by atoms with van der Waals surface area (Å²) in [5.41, 5.74) is 1.00. The molecule has 0 aliphatic carbocycles. The number of nitrogens with one attached hydrogen (secondary N) is 2. The molecule has 1 atom stereocenters. The molecule has 4 nitrogen and oxygen atoms in total. The quantitative estimate of drug-likeness (QED) is 0.747. The maximum Gasteiger partial charge on any atom is 0.234 e. The SMILES string of the molecule is CC(CCc1ccc(O)cc1)NCC(=O)NC(C)(C)C. The number of hydrogen-bond donors (Lipinski definition) is 3. The molecule has 0 heterocycles. The second-order valence-corrected chi connectivity index (χ2v) is 6.29. The summed E-state index contributed by atoms with van der Waals surface area (Å²) in [6, 6.07) is 7.52. The van der Waals surface area contributed by atoms with Gasteiger partial charge in [-0.15, -0.1) is 0 Å². The summed E-state index contributed by atoms with van der Waals surface area (Å²) in [5, 5.41) is 15.4. The molecule has 1 aromatic carbocycles. The Morgan fingerprint density at radius 3 is 2.40 bits per heavy atom. The summed E-state index contributed by atoms with van der Waals surface area (Å²) in [4.78, 5) is 11.7. The topological polar surface area (TPSA) is 61.4 Å². The monoisotopic (exact) mass is 278 g/mol. The summed E-state index contributed by atoms with van der Waals surface area (Å²) in [6.45, 7) is 8.33. The van der Waals surface area contributed by atoms with Gasteiger partial charge >= 0.3 is 0 Å². The van der Waals surface area contributed by atoms with Crippen LogP contribution in [0.25, 0.3) is 0 Å². The highest BCUT2D eigenvalue weighted by Crippen LogP contribution is 2.11. The van der Waals surface area contributed by atoms with Crippen LogP contribution in [0.3, 0.4) is 0 Å². The van der Waals surface area contributed by atoms with Crippen molar-refractivity contribution >= 4 is 5.91 Å². The highest BCUT2D eigenvalue weighted by molar-refractivity contribution is 5.78. The molecule has 0 aliphatic heterocycles. The summed E-state index contributed by atoms with van der Waals surface area (Å²) in [7, 11) is 0. The van der Waals surface area contributed by atoms with Crippen LogP contribution in [0.5, 0.6) is 5.75 Å². The summed E-state index contributed by atoms with van der Waals surface area (Å²) in [6.07, 6.45) is 1.88. The average molecular weight is 278 g/mol. The zero-order valence-electron chi connectivity index (χ0n) is 12.9. The first kappa shape index (κ1) is 16.5. The van der Waals surface area contributed by atoms with E-state index in [1.807, 2.05) is 32.9 Å². The van der Waals surface area contributed by atoms with Crippen LogP contribution in [0.15, 0.2) is 24.3 Å². The largest absolute Gasteiger partial charge is 0.508 e. The lowest BCUT2D eigenvalue weighted by molar-refractivity contribution is -0.121. The standard InChI is InChI=1S/C16H26N2O2/c1-12(17-11-15(20)18-16(2,3)4)5-6-13-7-9-14(19)10-8-13/h7-10,12,17,19H,5-6,11H2,1-4H3,(H,18,20). The fraction of sp³-hybridized carbons (Fsp3) is 0.562. The van der Waals surface area contributed by atoms with E-state index in [9.17, 15) is 9.90 Å². The highest BCUT2D eigenvalue weighted by Gasteiger charge is 2.13. The normalized spacial score (nSPS) is 13.0. The lowest BCUT2D eigenvalue weighted by Crippen LogP contribution is -2.46. The van der Waals surface area contributed by atoms with Crippen LogP contribution in [0, 0.1) is 0 Å². The molecule has 0 bridgehead atoms. The van der Waals surface area contributed by atoms with Gasteiger partial charge in [-0.1, -0.05) is 12.1 Å². The van der Waals surface area contributed by atoms with Crippen LogP contribution < -0.4 is 10.6 Å². The van der Waals surface area contributed by atoms with E-state index in [1.165, 1.54) is 5.56 Å². The van der Waals surface area contributed by atoms with Crippen molar-refractivity contribution < 1.29 is 9.90 Å². The lowest BCUT2D eigenvalue weighted by Gasteiger charge is -2.21. The smallest absolute Gasteiger partial charge is 0.234 e. The van der Waals surface area contributed by atoms with Gasteiger partial charge in [0.15, 0.2) is 0 Å². The zero-order chi connectivity index (χ0) is 15.2. The van der Waals surface area contributed by atoms with E-state index in [1.54, 1.807) is 12.1 Å². The molecule has 1 amide bonds. The number of aryl methyl sites for hydroxylation is 1. The van der Waals surface area contributed by atoms with Crippen molar-refractivity contribution in [1.29, 1.82) is 0 Å². The third-order valence-corrected chi connectivity index (χ3v) is 2.93. The van der Waals surface area contributed by atoms with Crippen molar-refractivity contribution in [3.8, 4) is 5.75 Å². The molecule has 112 valence electrons. The Hall–Kier alpha value is -1.55. The van der Waals surface area contributed by atoms with Gasteiger partial charge in [-0.2, -0.15) is 0 Å². The van der Waals surface area contributed by atoms with Crippen LogP contribution in [-0.2, 0) is 11.2 Å². The molecule has 0 saturated carbocycles. The average Bonchev–Trinajstić information content (AvgIpc) is 2.33. The molecular weight excluding hydrogens is 252 g/mol. The van der Waals surface area contributed by atoms with Crippen molar-refractivity contribution in [2.75, 3.05) is 6.54 Å². The Morgan fingerprint density at radius 1 is 1.25 bits per heavy atom. The predicted octanol–water partition coefficient (Wildman–Crippen LogP) is 2.22. The second kappa shape index (κ2) is 7.29. The zero-order valence-corrected chi connectivity index (χ0v) is 12.9. The van der Waals surface area contributed by atoms with E-state index < -0.39 is 0 Å². The number of carbonyl (C=O) groups excluding carboxylic acids is 1. The van der Waals surface area contributed by atoms with Crippen molar-refractivity contribution in [1.82, 2.24) is 10.6 Å². The maximum absolute atomic E-state index is 11.7. The van der Waals surface area contributed by atoms with Gasteiger partial charge in [-0.3, -0.25) is 4.79 Å². The van der Waals surface area contributed by atoms with Crippen LogP contribution in [-0.4, -0.2) is 29.1 Å². The Balaban J connectivity index is 2.25. The van der Waals surface area contributed by atoms with Crippen molar-refractivity contribution in [2.45, 2.75) is 52.1 Å². The van der Waals surface area contributed by atoms with E-state index in [2.05, 4.69) is 17.6 Å². The fourth-order valence-electron chi connectivity index (χ4n) is 1.88. The number of phenolic OH excluding ortho intramolecular Hbond substituents is 1. The van der Waals surface area contributed by atoms with Gasteiger partial charge in [-0.25, -0.2) is 0 Å². The van der Waals surface area contributed by atoms with E-state index in [4.69, 9.17) is 0 Å². The van der Waals surface area contributed by atoms with Gasteiger partial charge in [0.05, 0.1) is 6.54 Å². The number of carbonyl (C=O) groups is 1. The lowest BCUT2D eigenvalue weighted by atomic mass is 10.1. The number of rotatable bonds is 6. The molecular formula is C16H26N2O2. The van der Waals surface area contributed by atoms with Gasteiger partial charge in [-0.05, 0) is 58.2 Å². The number of hydrogen-bond acceptors (Lipinski definition) is 3. The van der Waals surface area contributed by atoms with E-state index in [-0.39, 0.29) is 17.5 Å². The van der Waals surface area contributed by atoms with Gasteiger partial charge in [0.1, 0.15) is 5.75 Å². The first-order valence-electron chi connectivity index (χ1n) is 7.08. The summed E-state index contributed by atoms with van der Waals surface area (Å²) >= 11 is 0. The Kier molecular flexibility index (Phi) is 6.02. The predicted molar refractivity (Wildman–Crippen MR) is 81.8 cm³/mol. The van der Waals surface area contributed by atoms with E-state index in [0.717, 1.165) is 12.8 Å². The molecule has 20 heavy (non-hydrogen) atoms. The highest BCUT2D eigenvalue weighted by atomic mass is 16.3. The van der Waals surface area contributed by atoms with Crippen molar-refractivity contribution in [3.05, 3.63) is 29.8 Å². The number of amides is 1.